The fraction of sp³-hybridized carbons (Fsp3) is 0.0588. The fourth-order valence-corrected chi connectivity index (χ4v) is 3.19. The summed E-state index contributed by atoms with van der Waals surface area (Å²) in [7, 11) is 0. The van der Waals surface area contributed by atoms with Crippen molar-refractivity contribution in [3.63, 3.8) is 0 Å². The van der Waals surface area contributed by atoms with Gasteiger partial charge in [0.25, 0.3) is 0 Å². The van der Waals surface area contributed by atoms with Crippen LogP contribution in [0.5, 0.6) is 0 Å². The standard InChI is InChI=1S/C17H12ClN5OS/c18-13-8-4-7-12(9-13)15-20-17(24-23-15)19-10-14-21-22-16(25-14)11-5-2-1-3-6-11/h1-9H,10H2,(H,19,20,23). The zero-order valence-electron chi connectivity index (χ0n) is 12.9. The molecule has 0 saturated carbocycles. The molecule has 2 heterocycles. The van der Waals surface area contributed by atoms with E-state index < -0.39 is 0 Å². The Morgan fingerprint density at radius 3 is 2.68 bits per heavy atom. The summed E-state index contributed by atoms with van der Waals surface area (Å²) < 4.78 is 5.21. The first kappa shape index (κ1) is 15.7. The number of hydrogen-bond donors (Lipinski definition) is 1. The summed E-state index contributed by atoms with van der Waals surface area (Å²) >= 11 is 7.50. The maximum Gasteiger partial charge on any atom is 0.322 e. The van der Waals surface area contributed by atoms with E-state index >= 15 is 0 Å². The third-order valence-electron chi connectivity index (χ3n) is 3.39. The number of hydrogen-bond acceptors (Lipinski definition) is 7. The largest absolute Gasteiger partial charge is 0.331 e. The number of nitrogens with one attached hydrogen (secondary N) is 1. The lowest BCUT2D eigenvalue weighted by atomic mass is 10.2. The summed E-state index contributed by atoms with van der Waals surface area (Å²) in [5, 5.41) is 17.7. The Labute approximate surface area is 152 Å². The first-order valence-electron chi connectivity index (χ1n) is 7.49. The van der Waals surface area contributed by atoms with Crippen molar-refractivity contribution in [3.8, 4) is 22.0 Å². The predicted octanol–water partition coefficient (Wildman–Crippen LogP) is 4.52. The monoisotopic (exact) mass is 369 g/mol. The van der Waals surface area contributed by atoms with Crippen LogP contribution in [0.15, 0.2) is 59.1 Å². The van der Waals surface area contributed by atoms with Crippen LogP contribution < -0.4 is 5.32 Å². The van der Waals surface area contributed by atoms with Gasteiger partial charge in [-0.3, -0.25) is 0 Å². The van der Waals surface area contributed by atoms with Crippen LogP contribution in [0.3, 0.4) is 0 Å². The maximum absolute atomic E-state index is 5.98. The van der Waals surface area contributed by atoms with Gasteiger partial charge in [-0.05, 0) is 12.1 Å². The SMILES string of the molecule is Clc1cccc(-c2noc(NCc3nnc(-c4ccccc4)s3)n2)c1. The molecule has 4 aromatic rings. The highest BCUT2D eigenvalue weighted by molar-refractivity contribution is 7.14. The molecule has 0 saturated heterocycles. The van der Waals surface area contributed by atoms with Crippen LogP contribution in [0.1, 0.15) is 5.01 Å². The highest BCUT2D eigenvalue weighted by atomic mass is 35.5. The van der Waals surface area contributed by atoms with Gasteiger partial charge >= 0.3 is 6.01 Å². The number of anilines is 1. The van der Waals surface area contributed by atoms with Crippen molar-refractivity contribution in [2.24, 2.45) is 0 Å². The molecule has 0 amide bonds. The Balaban J connectivity index is 1.43. The molecule has 4 rings (SSSR count). The van der Waals surface area contributed by atoms with E-state index in [1.54, 1.807) is 12.1 Å². The van der Waals surface area contributed by atoms with Gasteiger partial charge < -0.3 is 9.84 Å². The highest BCUT2D eigenvalue weighted by Crippen LogP contribution is 2.24. The van der Waals surface area contributed by atoms with Crippen LogP contribution in [-0.2, 0) is 6.54 Å². The Morgan fingerprint density at radius 1 is 1.00 bits per heavy atom. The molecule has 0 unspecified atom stereocenters. The van der Waals surface area contributed by atoms with Crippen LogP contribution in [0.4, 0.5) is 6.01 Å². The summed E-state index contributed by atoms with van der Waals surface area (Å²) in [6.07, 6.45) is 0. The third-order valence-corrected chi connectivity index (χ3v) is 4.59. The Morgan fingerprint density at radius 2 is 1.84 bits per heavy atom. The van der Waals surface area contributed by atoms with Crippen molar-refractivity contribution in [2.45, 2.75) is 6.54 Å². The molecule has 1 N–H and O–H groups in total. The predicted molar refractivity (Wildman–Crippen MR) is 97.4 cm³/mol. The van der Waals surface area contributed by atoms with E-state index in [1.165, 1.54) is 11.3 Å². The fourth-order valence-electron chi connectivity index (χ4n) is 2.21. The highest BCUT2D eigenvalue weighted by Gasteiger charge is 2.10. The quantitative estimate of drug-likeness (QED) is 0.557. The molecule has 0 aliphatic rings. The number of halogens is 1. The van der Waals surface area contributed by atoms with Crippen LogP contribution in [0.25, 0.3) is 22.0 Å². The molecule has 8 heteroatoms. The first-order valence-corrected chi connectivity index (χ1v) is 8.69. The summed E-state index contributed by atoms with van der Waals surface area (Å²) in [5.74, 6) is 0.479. The summed E-state index contributed by atoms with van der Waals surface area (Å²) in [6, 6.07) is 17.6. The summed E-state index contributed by atoms with van der Waals surface area (Å²) in [6.45, 7) is 0.460. The first-order chi connectivity index (χ1) is 12.3. The zero-order chi connectivity index (χ0) is 17.1. The van der Waals surface area contributed by atoms with Crippen LogP contribution >= 0.6 is 22.9 Å². The molecule has 0 radical (unpaired) electrons. The van der Waals surface area contributed by atoms with Gasteiger partial charge in [0.2, 0.25) is 5.82 Å². The molecule has 0 aliphatic heterocycles. The molecular weight excluding hydrogens is 358 g/mol. The van der Waals surface area contributed by atoms with Crippen LogP contribution in [0, 0.1) is 0 Å². The lowest BCUT2D eigenvalue weighted by molar-refractivity contribution is 0.432. The Kier molecular flexibility index (Phi) is 4.41. The van der Waals surface area contributed by atoms with Crippen molar-refractivity contribution in [1.29, 1.82) is 0 Å². The lowest BCUT2D eigenvalue weighted by Crippen LogP contribution is -1.99. The van der Waals surface area contributed by atoms with Crippen molar-refractivity contribution in [1.82, 2.24) is 20.3 Å². The average Bonchev–Trinajstić information content (AvgIpc) is 3.30. The van der Waals surface area contributed by atoms with Gasteiger partial charge in [0.1, 0.15) is 10.0 Å². The van der Waals surface area contributed by atoms with Gasteiger partial charge in [-0.1, -0.05) is 70.6 Å². The van der Waals surface area contributed by atoms with Gasteiger partial charge in [0, 0.05) is 16.1 Å². The molecular formula is C17H12ClN5OS. The molecule has 0 aliphatic carbocycles. The normalized spacial score (nSPS) is 10.8. The number of aromatic nitrogens is 4. The number of rotatable bonds is 5. The van der Waals surface area contributed by atoms with Crippen molar-refractivity contribution >= 4 is 29.0 Å². The smallest absolute Gasteiger partial charge is 0.322 e. The van der Waals surface area contributed by atoms with Crippen LogP contribution in [0.2, 0.25) is 5.02 Å². The van der Waals surface area contributed by atoms with Gasteiger partial charge in [-0.2, -0.15) is 4.98 Å². The van der Waals surface area contributed by atoms with Gasteiger partial charge in [-0.15, -0.1) is 10.2 Å². The summed E-state index contributed by atoms with van der Waals surface area (Å²) in [5.41, 5.74) is 1.85. The maximum atomic E-state index is 5.98. The molecule has 124 valence electrons. The van der Waals surface area contributed by atoms with E-state index in [4.69, 9.17) is 16.1 Å². The molecule has 2 aromatic heterocycles. The molecule has 25 heavy (non-hydrogen) atoms. The average molecular weight is 370 g/mol. The van der Waals surface area contributed by atoms with Gasteiger partial charge in [-0.25, -0.2) is 0 Å². The lowest BCUT2D eigenvalue weighted by Gasteiger charge is -1.96. The van der Waals surface area contributed by atoms with Crippen LogP contribution in [-0.4, -0.2) is 20.3 Å². The molecule has 0 spiro atoms. The third kappa shape index (κ3) is 3.67. The minimum atomic E-state index is 0.325. The van der Waals surface area contributed by atoms with E-state index in [9.17, 15) is 0 Å². The van der Waals surface area contributed by atoms with Crippen molar-refractivity contribution < 1.29 is 4.52 Å². The molecule has 0 bridgehead atoms. The minimum Gasteiger partial charge on any atom is -0.331 e. The van der Waals surface area contributed by atoms with E-state index in [-0.39, 0.29) is 0 Å². The topological polar surface area (TPSA) is 76.7 Å². The number of nitrogens with zero attached hydrogens (tertiary/aromatic N) is 4. The van der Waals surface area contributed by atoms with Crippen molar-refractivity contribution in [3.05, 3.63) is 64.6 Å². The number of benzene rings is 2. The van der Waals surface area contributed by atoms with Gasteiger partial charge in [0.05, 0.1) is 6.54 Å². The van der Waals surface area contributed by atoms with E-state index in [2.05, 4.69) is 25.7 Å². The van der Waals surface area contributed by atoms with E-state index in [0.29, 0.717) is 23.4 Å². The second kappa shape index (κ2) is 7.00. The van der Waals surface area contributed by atoms with Crippen molar-refractivity contribution in [2.75, 3.05) is 5.32 Å². The molecule has 0 fully saturated rings. The minimum absolute atomic E-state index is 0.325. The molecule has 6 nitrogen and oxygen atoms in total. The summed E-state index contributed by atoms with van der Waals surface area (Å²) in [4.78, 5) is 4.31. The molecule has 2 aromatic carbocycles. The van der Waals surface area contributed by atoms with Gasteiger partial charge in [0.15, 0.2) is 0 Å². The molecule has 0 atom stereocenters. The Hall–Kier alpha value is -2.77. The zero-order valence-corrected chi connectivity index (χ0v) is 14.5. The Bertz CT molecular complexity index is 985. The van der Waals surface area contributed by atoms with E-state index in [1.807, 2.05) is 42.5 Å². The second-order valence-electron chi connectivity index (χ2n) is 5.15. The van der Waals surface area contributed by atoms with E-state index in [0.717, 1.165) is 21.1 Å². The second-order valence-corrected chi connectivity index (χ2v) is 6.65.